The molecular weight excluding hydrogens is 630 g/mol. The highest BCUT2D eigenvalue weighted by Crippen LogP contribution is 2.46. The minimum atomic E-state index is -1.06. The summed E-state index contributed by atoms with van der Waals surface area (Å²) in [6.07, 6.45) is 2.24. The number of aromatic nitrogens is 2. The summed E-state index contributed by atoms with van der Waals surface area (Å²) >= 11 is 2.36. The molecule has 0 radical (unpaired) electrons. The number of anilines is 1. The Morgan fingerprint density at radius 3 is 2.76 bits per heavy atom. The Morgan fingerprint density at radius 1 is 1.15 bits per heavy atom. The first-order valence-electron chi connectivity index (χ1n) is 14.6. The second kappa shape index (κ2) is 13.4. The van der Waals surface area contributed by atoms with Crippen LogP contribution in [0.5, 0.6) is 17.2 Å². The molecule has 6 rings (SSSR count). The molecule has 0 spiro atoms. The second-order valence-corrected chi connectivity index (χ2v) is 12.8. The van der Waals surface area contributed by atoms with E-state index in [1.54, 1.807) is 60.7 Å². The number of hydrogen-bond donors (Lipinski definition) is 1. The Balaban J connectivity index is 1.43. The molecule has 0 aliphatic carbocycles. The highest BCUT2D eigenvalue weighted by atomic mass is 32.2. The predicted octanol–water partition coefficient (Wildman–Crippen LogP) is 6.88. The molecule has 9 nitrogen and oxygen atoms in total. The largest absolute Gasteiger partial charge is 0.507 e. The highest BCUT2D eigenvalue weighted by molar-refractivity contribution is 8.00. The van der Waals surface area contributed by atoms with Gasteiger partial charge in [-0.2, -0.15) is 0 Å². The van der Waals surface area contributed by atoms with Gasteiger partial charge in [0.25, 0.3) is 5.78 Å². The molecule has 2 atom stereocenters. The molecular formula is C34H30FN3O6S2. The second-order valence-electron chi connectivity index (χ2n) is 10.6. The Kier molecular flexibility index (Phi) is 9.09. The number of rotatable bonds is 11. The van der Waals surface area contributed by atoms with Crippen LogP contribution in [0.2, 0.25) is 0 Å². The summed E-state index contributed by atoms with van der Waals surface area (Å²) < 4.78 is 32.1. The third-order valence-electron chi connectivity index (χ3n) is 7.46. The Bertz CT molecular complexity index is 1860. The summed E-state index contributed by atoms with van der Waals surface area (Å²) in [4.78, 5) is 28.7. The topological polar surface area (TPSA) is 111 Å². The van der Waals surface area contributed by atoms with Crippen molar-refractivity contribution in [3.05, 3.63) is 107 Å². The number of fused-ring (bicyclic) bond motifs is 1. The van der Waals surface area contributed by atoms with Gasteiger partial charge in [0, 0.05) is 17.7 Å². The first-order chi connectivity index (χ1) is 22.3. The van der Waals surface area contributed by atoms with Crippen molar-refractivity contribution in [3.63, 3.8) is 0 Å². The van der Waals surface area contributed by atoms with Crippen LogP contribution in [0.1, 0.15) is 42.1 Å². The fraction of sp³-hybridized carbons (Fsp3) is 0.235. The minimum Gasteiger partial charge on any atom is -0.507 e. The van der Waals surface area contributed by atoms with E-state index < -0.39 is 17.7 Å². The van der Waals surface area contributed by atoms with Gasteiger partial charge in [-0.1, -0.05) is 60.0 Å². The average Bonchev–Trinajstić information content (AvgIpc) is 3.74. The molecule has 1 fully saturated rings. The maximum atomic E-state index is 14.2. The number of aliphatic hydroxyl groups is 1. The lowest BCUT2D eigenvalue weighted by Crippen LogP contribution is -2.29. The third kappa shape index (κ3) is 6.10. The van der Waals surface area contributed by atoms with Gasteiger partial charge in [-0.05, 0) is 66.9 Å². The van der Waals surface area contributed by atoms with E-state index in [-0.39, 0.29) is 35.0 Å². The first kappa shape index (κ1) is 31.3. The fourth-order valence-electron chi connectivity index (χ4n) is 5.41. The fourth-order valence-corrected chi connectivity index (χ4v) is 7.27. The molecule has 0 bridgehead atoms. The Labute approximate surface area is 273 Å². The van der Waals surface area contributed by atoms with E-state index in [1.165, 1.54) is 22.7 Å². The summed E-state index contributed by atoms with van der Waals surface area (Å²) in [6.45, 7) is 8.06. The van der Waals surface area contributed by atoms with Crippen molar-refractivity contribution in [2.45, 2.75) is 42.5 Å². The van der Waals surface area contributed by atoms with Crippen LogP contribution in [-0.4, -0.2) is 46.3 Å². The van der Waals surface area contributed by atoms with Gasteiger partial charge in [0.2, 0.25) is 5.13 Å². The zero-order valence-electron chi connectivity index (χ0n) is 25.1. The number of carbonyl (C=O) groups excluding carboxylic acids is 2. The smallest absolute Gasteiger partial charge is 0.301 e. The van der Waals surface area contributed by atoms with Crippen molar-refractivity contribution in [1.29, 1.82) is 0 Å². The lowest BCUT2D eigenvalue weighted by atomic mass is 9.94. The number of Topliss-reactive ketones (excluding diaryl/α,β-unsaturated/α-hetero) is 1. The molecule has 2 aliphatic heterocycles. The van der Waals surface area contributed by atoms with Gasteiger partial charge in [-0.3, -0.25) is 14.5 Å². The molecule has 3 aromatic carbocycles. The maximum Gasteiger partial charge on any atom is 0.301 e. The molecule has 236 valence electrons. The van der Waals surface area contributed by atoms with E-state index in [4.69, 9.17) is 14.2 Å². The van der Waals surface area contributed by atoms with Crippen LogP contribution in [0, 0.1) is 5.82 Å². The molecule has 1 amide bonds. The predicted molar refractivity (Wildman–Crippen MR) is 174 cm³/mol. The van der Waals surface area contributed by atoms with E-state index in [2.05, 4.69) is 16.8 Å². The monoisotopic (exact) mass is 659 g/mol. The molecule has 0 saturated carbocycles. The lowest BCUT2D eigenvalue weighted by molar-refractivity contribution is -0.132. The Morgan fingerprint density at radius 2 is 1.98 bits per heavy atom. The summed E-state index contributed by atoms with van der Waals surface area (Å²) in [6, 6.07) is 15.7. The summed E-state index contributed by atoms with van der Waals surface area (Å²) in [5.41, 5.74) is 2.17. The molecule has 0 unspecified atom stereocenters. The van der Waals surface area contributed by atoms with Crippen molar-refractivity contribution >= 4 is 45.7 Å². The number of nitrogens with zero attached hydrogens (tertiary/aromatic N) is 3. The van der Waals surface area contributed by atoms with Crippen LogP contribution in [0.15, 0.2) is 83.2 Å². The number of amides is 1. The molecule has 1 N–H and O–H groups in total. The summed E-state index contributed by atoms with van der Waals surface area (Å²) in [5.74, 6) is -0.516. The van der Waals surface area contributed by atoms with Gasteiger partial charge in [0.1, 0.15) is 30.0 Å². The molecule has 2 aliphatic rings. The molecule has 4 aromatic rings. The van der Waals surface area contributed by atoms with Crippen molar-refractivity contribution in [2.75, 3.05) is 18.1 Å². The van der Waals surface area contributed by atoms with Crippen LogP contribution in [0.3, 0.4) is 0 Å². The number of benzene rings is 3. The van der Waals surface area contributed by atoms with Crippen molar-refractivity contribution in [2.24, 2.45) is 0 Å². The van der Waals surface area contributed by atoms with Gasteiger partial charge >= 0.3 is 5.91 Å². The average molecular weight is 660 g/mol. The minimum absolute atomic E-state index is 0.0142. The van der Waals surface area contributed by atoms with Gasteiger partial charge in [0.15, 0.2) is 15.8 Å². The van der Waals surface area contributed by atoms with Crippen molar-refractivity contribution in [3.8, 4) is 17.2 Å². The molecule has 1 aromatic heterocycles. The summed E-state index contributed by atoms with van der Waals surface area (Å²) in [7, 11) is 0. The molecule has 3 heterocycles. The quantitative estimate of drug-likeness (QED) is 0.0460. The van der Waals surface area contributed by atoms with E-state index in [0.717, 1.165) is 16.9 Å². The van der Waals surface area contributed by atoms with Gasteiger partial charge in [-0.25, -0.2) is 4.39 Å². The maximum absolute atomic E-state index is 14.2. The number of halogens is 1. The van der Waals surface area contributed by atoms with E-state index in [1.807, 2.05) is 13.8 Å². The highest BCUT2D eigenvalue weighted by Gasteiger charge is 2.48. The van der Waals surface area contributed by atoms with Crippen LogP contribution in [-0.2, 0) is 21.8 Å². The summed E-state index contributed by atoms with van der Waals surface area (Å²) in [5, 5.41) is 20.3. The van der Waals surface area contributed by atoms with Crippen LogP contribution < -0.4 is 19.1 Å². The number of hydrogen-bond acceptors (Lipinski definition) is 10. The number of ether oxygens (including phenoxy) is 3. The number of aliphatic hydroxyl groups excluding tert-OH is 1. The standard InChI is InChI=1S/C34H30FN3O6S2/c1-4-14-43-26-13-10-20(17-27(26)42-5-2)29-28(30(39)21-11-12-25-23(16-21)15-19(3)44-25)31(40)32(41)38(29)33-36-37-34(46-33)45-18-22-8-6-7-9-24(22)35/h4,6-13,16-17,19,29,39H,1,5,14-15,18H2,2-3H3/t19-,29+/m0/s1. The number of thioether (sulfide) groups is 1. The van der Waals surface area contributed by atoms with Crippen LogP contribution in [0.4, 0.5) is 9.52 Å². The van der Waals surface area contributed by atoms with E-state index in [0.29, 0.717) is 57.1 Å². The van der Waals surface area contributed by atoms with Crippen LogP contribution in [0.25, 0.3) is 5.76 Å². The lowest BCUT2D eigenvalue weighted by Gasteiger charge is -2.23. The molecule has 46 heavy (non-hydrogen) atoms. The number of carbonyl (C=O) groups is 2. The molecule has 1 saturated heterocycles. The third-order valence-corrected chi connectivity index (χ3v) is 9.57. The van der Waals surface area contributed by atoms with E-state index >= 15 is 0 Å². The first-order valence-corrected chi connectivity index (χ1v) is 16.4. The van der Waals surface area contributed by atoms with Crippen molar-refractivity contribution in [1.82, 2.24) is 10.2 Å². The Hall–Kier alpha value is -4.68. The van der Waals surface area contributed by atoms with E-state index in [9.17, 15) is 19.1 Å². The zero-order valence-corrected chi connectivity index (χ0v) is 26.7. The SMILES string of the molecule is C=CCOc1ccc([C@@H]2C(=C(O)c3ccc4c(c3)C[C@H](C)O4)C(=O)C(=O)N2c2nnc(SCc3ccccc3F)s2)cc1OCC. The van der Waals surface area contributed by atoms with Gasteiger partial charge < -0.3 is 19.3 Å². The van der Waals surface area contributed by atoms with Gasteiger partial charge in [0.05, 0.1) is 18.2 Å². The zero-order chi connectivity index (χ0) is 32.4. The number of ketones is 1. The van der Waals surface area contributed by atoms with Crippen molar-refractivity contribution < 1.29 is 33.3 Å². The normalized spacial score (nSPS) is 18.4. The molecule has 12 heteroatoms. The van der Waals surface area contributed by atoms with Crippen LogP contribution >= 0.6 is 23.1 Å². The van der Waals surface area contributed by atoms with Gasteiger partial charge in [-0.15, -0.1) is 10.2 Å².